The zero-order chi connectivity index (χ0) is 14.9. The van der Waals surface area contributed by atoms with Crippen LogP contribution in [0, 0.1) is 0 Å². The number of nitrogens with one attached hydrogen (secondary N) is 2. The van der Waals surface area contributed by atoms with E-state index in [0.717, 1.165) is 31.5 Å². The third-order valence-electron chi connectivity index (χ3n) is 3.18. The first-order valence-electron chi connectivity index (χ1n) is 7.33. The molecule has 0 radical (unpaired) electrons. The summed E-state index contributed by atoms with van der Waals surface area (Å²) in [4.78, 5) is 15.6. The zero-order valence-electron chi connectivity index (χ0n) is 12.4. The number of benzene rings is 1. The standard InChI is InChI=1S/C16H22N4O/c1-2-3-7-18-16(21)19-11-14-5-4-6-15(10-14)12-20-9-8-17-13-20/h4-6,8-10,13H,2-3,7,11-12H2,1H3,(H2,18,19,21). The van der Waals surface area contributed by atoms with Gasteiger partial charge in [0, 0.05) is 32.0 Å². The topological polar surface area (TPSA) is 59.0 Å². The van der Waals surface area contributed by atoms with Crippen LogP contribution in [0.4, 0.5) is 4.79 Å². The summed E-state index contributed by atoms with van der Waals surface area (Å²) in [6.07, 6.45) is 7.59. The third kappa shape index (κ3) is 5.30. The van der Waals surface area contributed by atoms with Crippen LogP contribution in [0.3, 0.4) is 0 Å². The largest absolute Gasteiger partial charge is 0.338 e. The Morgan fingerprint density at radius 2 is 2.14 bits per heavy atom. The maximum absolute atomic E-state index is 11.6. The van der Waals surface area contributed by atoms with E-state index < -0.39 is 0 Å². The Morgan fingerprint density at radius 1 is 1.29 bits per heavy atom. The number of hydrogen-bond acceptors (Lipinski definition) is 2. The number of hydrogen-bond donors (Lipinski definition) is 2. The molecule has 0 aliphatic heterocycles. The Bertz CT molecular complexity index is 551. The van der Waals surface area contributed by atoms with Crippen LogP contribution in [0.15, 0.2) is 43.0 Å². The quantitative estimate of drug-likeness (QED) is 0.768. The summed E-state index contributed by atoms with van der Waals surface area (Å²) in [5, 5.41) is 5.72. The Balaban J connectivity index is 1.82. The van der Waals surface area contributed by atoms with Crippen molar-refractivity contribution in [3.05, 3.63) is 54.1 Å². The highest BCUT2D eigenvalue weighted by molar-refractivity contribution is 5.73. The molecule has 0 saturated heterocycles. The fourth-order valence-corrected chi connectivity index (χ4v) is 2.05. The molecule has 0 aliphatic carbocycles. The van der Waals surface area contributed by atoms with Gasteiger partial charge in [-0.15, -0.1) is 0 Å². The SMILES string of the molecule is CCCCNC(=O)NCc1cccc(Cn2ccnc2)c1. The molecule has 5 nitrogen and oxygen atoms in total. The molecular formula is C16H22N4O. The van der Waals surface area contributed by atoms with Crippen LogP contribution >= 0.6 is 0 Å². The van der Waals surface area contributed by atoms with E-state index in [1.807, 2.05) is 22.9 Å². The third-order valence-corrected chi connectivity index (χ3v) is 3.18. The maximum Gasteiger partial charge on any atom is 0.315 e. The van der Waals surface area contributed by atoms with E-state index >= 15 is 0 Å². The van der Waals surface area contributed by atoms with Crippen molar-refractivity contribution in [2.24, 2.45) is 0 Å². The second kappa shape index (κ2) is 8.09. The summed E-state index contributed by atoms with van der Waals surface area (Å²) in [6.45, 7) is 4.15. The number of urea groups is 1. The van der Waals surface area contributed by atoms with Crippen LogP contribution in [0.25, 0.3) is 0 Å². The Hall–Kier alpha value is -2.30. The second-order valence-electron chi connectivity index (χ2n) is 5.02. The molecule has 2 amide bonds. The van der Waals surface area contributed by atoms with Crippen molar-refractivity contribution in [3.63, 3.8) is 0 Å². The van der Waals surface area contributed by atoms with Crippen LogP contribution < -0.4 is 10.6 Å². The fourth-order valence-electron chi connectivity index (χ4n) is 2.05. The van der Waals surface area contributed by atoms with E-state index in [1.165, 1.54) is 5.56 Å². The van der Waals surface area contributed by atoms with Gasteiger partial charge < -0.3 is 15.2 Å². The van der Waals surface area contributed by atoms with Gasteiger partial charge in [-0.05, 0) is 17.5 Å². The lowest BCUT2D eigenvalue weighted by molar-refractivity contribution is 0.240. The highest BCUT2D eigenvalue weighted by Gasteiger charge is 2.01. The number of nitrogens with zero attached hydrogens (tertiary/aromatic N) is 2. The number of carbonyl (C=O) groups is 1. The highest BCUT2D eigenvalue weighted by atomic mass is 16.2. The lowest BCUT2D eigenvalue weighted by atomic mass is 10.1. The summed E-state index contributed by atoms with van der Waals surface area (Å²) in [5.74, 6) is 0. The lowest BCUT2D eigenvalue weighted by Crippen LogP contribution is -2.35. The van der Waals surface area contributed by atoms with Crippen molar-refractivity contribution in [2.45, 2.75) is 32.9 Å². The minimum absolute atomic E-state index is 0.108. The van der Waals surface area contributed by atoms with Crippen molar-refractivity contribution >= 4 is 6.03 Å². The van der Waals surface area contributed by atoms with Crippen molar-refractivity contribution in [1.82, 2.24) is 20.2 Å². The van der Waals surface area contributed by atoms with Gasteiger partial charge in [0.2, 0.25) is 0 Å². The molecule has 2 N–H and O–H groups in total. The van der Waals surface area contributed by atoms with Gasteiger partial charge in [-0.25, -0.2) is 9.78 Å². The second-order valence-corrected chi connectivity index (χ2v) is 5.02. The van der Waals surface area contributed by atoms with Gasteiger partial charge >= 0.3 is 6.03 Å². The number of unbranched alkanes of at least 4 members (excludes halogenated alkanes) is 1. The Kier molecular flexibility index (Phi) is 5.82. The molecule has 0 atom stereocenters. The number of carbonyl (C=O) groups excluding carboxylic acids is 1. The van der Waals surface area contributed by atoms with E-state index in [9.17, 15) is 4.79 Å². The van der Waals surface area contributed by atoms with Gasteiger partial charge in [-0.3, -0.25) is 0 Å². The van der Waals surface area contributed by atoms with E-state index in [1.54, 1.807) is 12.5 Å². The maximum atomic E-state index is 11.6. The number of imidazole rings is 1. The summed E-state index contributed by atoms with van der Waals surface area (Å²) in [6, 6.07) is 8.10. The van der Waals surface area contributed by atoms with E-state index in [-0.39, 0.29) is 6.03 Å². The summed E-state index contributed by atoms with van der Waals surface area (Å²) >= 11 is 0. The molecule has 21 heavy (non-hydrogen) atoms. The van der Waals surface area contributed by atoms with Crippen LogP contribution in [0.5, 0.6) is 0 Å². The van der Waals surface area contributed by atoms with Crippen LogP contribution in [0.2, 0.25) is 0 Å². The fraction of sp³-hybridized carbons (Fsp3) is 0.375. The molecule has 1 aromatic carbocycles. The van der Waals surface area contributed by atoms with Gasteiger partial charge in [-0.1, -0.05) is 37.6 Å². The van der Waals surface area contributed by atoms with Crippen molar-refractivity contribution < 1.29 is 4.79 Å². The molecular weight excluding hydrogens is 264 g/mol. The van der Waals surface area contributed by atoms with Crippen LogP contribution in [0.1, 0.15) is 30.9 Å². The van der Waals surface area contributed by atoms with E-state index in [0.29, 0.717) is 6.54 Å². The zero-order valence-corrected chi connectivity index (χ0v) is 12.4. The molecule has 2 aromatic rings. The average Bonchev–Trinajstić information content (AvgIpc) is 2.99. The molecule has 5 heteroatoms. The first-order chi connectivity index (χ1) is 10.3. The summed E-state index contributed by atoms with van der Waals surface area (Å²) in [5.41, 5.74) is 2.29. The summed E-state index contributed by atoms with van der Waals surface area (Å²) in [7, 11) is 0. The lowest BCUT2D eigenvalue weighted by Gasteiger charge is -2.09. The Morgan fingerprint density at radius 3 is 2.90 bits per heavy atom. The van der Waals surface area contributed by atoms with Gasteiger partial charge in [0.25, 0.3) is 0 Å². The van der Waals surface area contributed by atoms with Gasteiger partial charge in [0.05, 0.1) is 6.33 Å². The van der Waals surface area contributed by atoms with Gasteiger partial charge in [0.1, 0.15) is 0 Å². The predicted molar refractivity (Wildman–Crippen MR) is 82.9 cm³/mol. The minimum Gasteiger partial charge on any atom is -0.338 e. The molecule has 0 unspecified atom stereocenters. The molecule has 2 rings (SSSR count). The highest BCUT2D eigenvalue weighted by Crippen LogP contribution is 2.07. The van der Waals surface area contributed by atoms with Crippen LogP contribution in [-0.4, -0.2) is 22.1 Å². The van der Waals surface area contributed by atoms with E-state index in [2.05, 4.69) is 34.7 Å². The Labute approximate surface area is 125 Å². The monoisotopic (exact) mass is 286 g/mol. The first kappa shape index (κ1) is 15.1. The van der Waals surface area contributed by atoms with E-state index in [4.69, 9.17) is 0 Å². The minimum atomic E-state index is -0.108. The average molecular weight is 286 g/mol. The molecule has 0 aliphatic rings. The molecule has 1 heterocycles. The molecule has 112 valence electrons. The first-order valence-corrected chi connectivity index (χ1v) is 7.33. The molecule has 0 fully saturated rings. The van der Waals surface area contributed by atoms with Crippen LogP contribution in [-0.2, 0) is 13.1 Å². The van der Waals surface area contributed by atoms with Crippen molar-refractivity contribution in [2.75, 3.05) is 6.54 Å². The number of aromatic nitrogens is 2. The molecule has 0 saturated carbocycles. The normalized spacial score (nSPS) is 10.3. The summed E-state index contributed by atoms with van der Waals surface area (Å²) < 4.78 is 2.02. The predicted octanol–water partition coefficient (Wildman–Crippen LogP) is 2.53. The van der Waals surface area contributed by atoms with Gasteiger partial charge in [0.15, 0.2) is 0 Å². The number of rotatable bonds is 7. The molecule has 0 bridgehead atoms. The van der Waals surface area contributed by atoms with Crippen molar-refractivity contribution in [1.29, 1.82) is 0 Å². The van der Waals surface area contributed by atoms with Crippen molar-refractivity contribution in [3.8, 4) is 0 Å². The number of amides is 2. The van der Waals surface area contributed by atoms with Gasteiger partial charge in [-0.2, -0.15) is 0 Å². The molecule has 1 aromatic heterocycles. The smallest absolute Gasteiger partial charge is 0.315 e. The molecule has 0 spiro atoms.